The molecule has 1 aliphatic rings. The van der Waals surface area contributed by atoms with Gasteiger partial charge in [0.25, 0.3) is 0 Å². The zero-order valence-electron chi connectivity index (χ0n) is 10.2. The second kappa shape index (κ2) is 3.86. The van der Waals surface area contributed by atoms with E-state index in [9.17, 15) is 9.18 Å². The highest BCUT2D eigenvalue weighted by Gasteiger charge is 2.16. The lowest BCUT2D eigenvalue weighted by molar-refractivity contribution is 0.174. The van der Waals surface area contributed by atoms with E-state index in [1.807, 2.05) is 0 Å². The predicted molar refractivity (Wildman–Crippen MR) is 70.0 cm³/mol. The van der Waals surface area contributed by atoms with E-state index in [1.54, 1.807) is 24.3 Å². The van der Waals surface area contributed by atoms with Crippen LogP contribution in [0.2, 0.25) is 0 Å². The fraction of sp³-hybridized carbons (Fsp3) is 0.0714. The standard InChI is InChI=1S/C14H9FN2O3/c15-8-1-3-11-10(5-8)16-14(18)17(11)9-2-4-12-13(6-9)20-7-19-12/h1-6H,7H2,(H,16,18). The molecule has 0 saturated carbocycles. The van der Waals surface area contributed by atoms with Crippen molar-refractivity contribution in [2.75, 3.05) is 6.79 Å². The Bertz CT molecular complexity index is 882. The predicted octanol–water partition coefficient (Wildman–Crippen LogP) is 2.19. The molecule has 1 aliphatic heterocycles. The molecule has 0 bridgehead atoms. The Kier molecular flexibility index (Phi) is 2.14. The molecule has 5 nitrogen and oxygen atoms in total. The van der Waals surface area contributed by atoms with Crippen molar-refractivity contribution in [3.05, 3.63) is 52.7 Å². The average molecular weight is 272 g/mol. The number of imidazole rings is 1. The molecule has 2 heterocycles. The van der Waals surface area contributed by atoms with Crippen LogP contribution >= 0.6 is 0 Å². The third kappa shape index (κ3) is 1.51. The molecule has 0 radical (unpaired) electrons. The molecule has 0 amide bonds. The fourth-order valence-electron chi connectivity index (χ4n) is 2.36. The Morgan fingerprint density at radius 2 is 1.95 bits per heavy atom. The summed E-state index contributed by atoms with van der Waals surface area (Å²) >= 11 is 0. The normalized spacial score (nSPS) is 13.1. The van der Waals surface area contributed by atoms with Crippen molar-refractivity contribution in [3.8, 4) is 17.2 Å². The molecule has 20 heavy (non-hydrogen) atoms. The van der Waals surface area contributed by atoms with Gasteiger partial charge in [0.1, 0.15) is 5.82 Å². The number of aromatic nitrogens is 2. The van der Waals surface area contributed by atoms with Gasteiger partial charge < -0.3 is 14.5 Å². The van der Waals surface area contributed by atoms with Crippen molar-refractivity contribution >= 4 is 11.0 Å². The maximum Gasteiger partial charge on any atom is 0.331 e. The van der Waals surface area contributed by atoms with Crippen molar-refractivity contribution < 1.29 is 13.9 Å². The average Bonchev–Trinajstić information content (AvgIpc) is 3.00. The van der Waals surface area contributed by atoms with Crippen LogP contribution in [0.3, 0.4) is 0 Å². The summed E-state index contributed by atoms with van der Waals surface area (Å²) in [4.78, 5) is 14.7. The molecule has 0 unspecified atom stereocenters. The molecule has 0 fully saturated rings. The second-order valence-corrected chi connectivity index (χ2v) is 4.46. The summed E-state index contributed by atoms with van der Waals surface area (Å²) in [6, 6.07) is 9.39. The number of fused-ring (bicyclic) bond motifs is 2. The van der Waals surface area contributed by atoms with Gasteiger partial charge in [0, 0.05) is 6.07 Å². The molecule has 1 N–H and O–H groups in total. The quantitative estimate of drug-likeness (QED) is 0.738. The van der Waals surface area contributed by atoms with Crippen LogP contribution < -0.4 is 15.2 Å². The largest absolute Gasteiger partial charge is 0.454 e. The van der Waals surface area contributed by atoms with E-state index in [4.69, 9.17) is 9.47 Å². The summed E-state index contributed by atoms with van der Waals surface area (Å²) in [5.74, 6) is 0.843. The molecule has 0 atom stereocenters. The second-order valence-electron chi connectivity index (χ2n) is 4.46. The lowest BCUT2D eigenvalue weighted by atomic mass is 10.2. The van der Waals surface area contributed by atoms with Crippen molar-refractivity contribution in [2.45, 2.75) is 0 Å². The summed E-state index contributed by atoms with van der Waals surface area (Å²) in [6.07, 6.45) is 0. The van der Waals surface area contributed by atoms with Crippen LogP contribution in [-0.2, 0) is 0 Å². The first-order valence-corrected chi connectivity index (χ1v) is 6.03. The number of benzene rings is 2. The van der Waals surface area contributed by atoms with Crippen LogP contribution in [0.15, 0.2) is 41.2 Å². The SMILES string of the molecule is O=c1[nH]c2cc(F)ccc2n1-c1ccc2c(c1)OCO2. The number of rotatable bonds is 1. The summed E-state index contributed by atoms with van der Waals surface area (Å²) in [5.41, 5.74) is 1.37. The van der Waals surface area contributed by atoms with Crippen molar-refractivity contribution in [2.24, 2.45) is 0 Å². The maximum atomic E-state index is 13.2. The van der Waals surface area contributed by atoms with E-state index in [2.05, 4.69) is 4.98 Å². The zero-order chi connectivity index (χ0) is 13.7. The molecular weight excluding hydrogens is 263 g/mol. The van der Waals surface area contributed by atoms with Crippen molar-refractivity contribution in [3.63, 3.8) is 0 Å². The van der Waals surface area contributed by atoms with Crippen LogP contribution in [0, 0.1) is 5.82 Å². The summed E-state index contributed by atoms with van der Waals surface area (Å²) in [6.45, 7) is 0.173. The molecule has 1 aromatic heterocycles. The molecule has 0 saturated heterocycles. The van der Waals surface area contributed by atoms with Gasteiger partial charge in [-0.2, -0.15) is 0 Å². The van der Waals surface area contributed by atoms with Crippen molar-refractivity contribution in [1.82, 2.24) is 9.55 Å². The number of halogens is 1. The number of aromatic amines is 1. The van der Waals surface area contributed by atoms with E-state index in [1.165, 1.54) is 16.7 Å². The van der Waals surface area contributed by atoms with Gasteiger partial charge in [-0.3, -0.25) is 4.57 Å². The summed E-state index contributed by atoms with van der Waals surface area (Å²) in [5, 5.41) is 0. The summed E-state index contributed by atoms with van der Waals surface area (Å²) in [7, 11) is 0. The minimum Gasteiger partial charge on any atom is -0.454 e. The number of ether oxygens (including phenoxy) is 2. The summed E-state index contributed by atoms with van der Waals surface area (Å²) < 4.78 is 25.2. The number of nitrogens with zero attached hydrogens (tertiary/aromatic N) is 1. The van der Waals surface area contributed by atoms with Gasteiger partial charge in [-0.15, -0.1) is 0 Å². The Morgan fingerprint density at radius 3 is 2.85 bits per heavy atom. The molecular formula is C14H9FN2O3. The zero-order valence-corrected chi connectivity index (χ0v) is 10.2. The van der Waals surface area contributed by atoms with E-state index < -0.39 is 5.82 Å². The molecule has 3 aromatic rings. The fourth-order valence-corrected chi connectivity index (χ4v) is 2.36. The molecule has 4 rings (SSSR count). The van der Waals surface area contributed by atoms with Crippen molar-refractivity contribution in [1.29, 1.82) is 0 Å². The Hall–Kier alpha value is -2.76. The number of hydrogen-bond acceptors (Lipinski definition) is 3. The molecule has 0 spiro atoms. The van der Waals surface area contributed by atoms with Crippen LogP contribution in [0.5, 0.6) is 11.5 Å². The Labute approximate surface area is 112 Å². The molecule has 100 valence electrons. The first-order valence-electron chi connectivity index (χ1n) is 6.03. The smallest absolute Gasteiger partial charge is 0.331 e. The molecule has 0 aliphatic carbocycles. The minimum atomic E-state index is -0.392. The minimum absolute atomic E-state index is 0.173. The lowest BCUT2D eigenvalue weighted by Gasteiger charge is -2.04. The molecule has 2 aromatic carbocycles. The van der Waals surface area contributed by atoms with Gasteiger partial charge in [0.2, 0.25) is 6.79 Å². The third-order valence-electron chi connectivity index (χ3n) is 3.26. The van der Waals surface area contributed by atoms with Gasteiger partial charge in [0.05, 0.1) is 16.7 Å². The third-order valence-corrected chi connectivity index (χ3v) is 3.26. The number of H-pyrrole nitrogens is 1. The van der Waals surface area contributed by atoms with E-state index in [0.29, 0.717) is 28.2 Å². The highest BCUT2D eigenvalue weighted by atomic mass is 19.1. The molecule has 6 heteroatoms. The van der Waals surface area contributed by atoms with Crippen LogP contribution in [0.25, 0.3) is 16.7 Å². The van der Waals surface area contributed by atoms with Gasteiger partial charge in [0.15, 0.2) is 11.5 Å². The van der Waals surface area contributed by atoms with E-state index >= 15 is 0 Å². The lowest BCUT2D eigenvalue weighted by Crippen LogP contribution is -2.14. The van der Waals surface area contributed by atoms with Gasteiger partial charge in [-0.05, 0) is 30.3 Å². The first-order chi connectivity index (χ1) is 9.72. The Balaban J connectivity index is 1.98. The van der Waals surface area contributed by atoms with Crippen LogP contribution in [0.1, 0.15) is 0 Å². The number of nitrogens with one attached hydrogen (secondary N) is 1. The van der Waals surface area contributed by atoms with Crippen LogP contribution in [-0.4, -0.2) is 16.3 Å². The highest BCUT2D eigenvalue weighted by Crippen LogP contribution is 2.33. The first kappa shape index (κ1) is 11.1. The van der Waals surface area contributed by atoms with Gasteiger partial charge in [-0.1, -0.05) is 0 Å². The monoisotopic (exact) mass is 272 g/mol. The topological polar surface area (TPSA) is 56.2 Å². The van der Waals surface area contributed by atoms with Crippen LogP contribution in [0.4, 0.5) is 4.39 Å². The van der Waals surface area contributed by atoms with Gasteiger partial charge >= 0.3 is 5.69 Å². The highest BCUT2D eigenvalue weighted by molar-refractivity contribution is 5.77. The maximum absolute atomic E-state index is 13.2. The van der Waals surface area contributed by atoms with E-state index in [-0.39, 0.29) is 12.5 Å². The van der Waals surface area contributed by atoms with Gasteiger partial charge in [-0.25, -0.2) is 9.18 Å². The Morgan fingerprint density at radius 1 is 1.10 bits per heavy atom. The van der Waals surface area contributed by atoms with E-state index in [0.717, 1.165) is 0 Å². The number of hydrogen-bond donors (Lipinski definition) is 1.